The molecule has 1 unspecified atom stereocenters. The molecule has 0 saturated heterocycles. The van der Waals surface area contributed by atoms with Crippen LogP contribution in [0.2, 0.25) is 0 Å². The molecule has 1 N–H and O–H groups in total. The average Bonchev–Trinajstić information content (AvgIpc) is 2.78. The summed E-state index contributed by atoms with van der Waals surface area (Å²) in [6.45, 7) is 4.08. The first-order valence-corrected chi connectivity index (χ1v) is 6.31. The van der Waals surface area contributed by atoms with Crippen LogP contribution in [0.15, 0.2) is 28.7 Å². The minimum Gasteiger partial charge on any atom is -0.465 e. The van der Waals surface area contributed by atoms with Crippen molar-refractivity contribution >= 4 is 0 Å². The van der Waals surface area contributed by atoms with Gasteiger partial charge in [-0.2, -0.15) is 0 Å². The third-order valence-electron chi connectivity index (χ3n) is 3.18. The molecule has 0 radical (unpaired) electrons. The van der Waals surface area contributed by atoms with Crippen LogP contribution < -0.4 is 5.32 Å². The van der Waals surface area contributed by atoms with Crippen LogP contribution in [0, 0.1) is 5.92 Å². The van der Waals surface area contributed by atoms with Gasteiger partial charge in [-0.1, -0.05) is 19.1 Å². The molecular weight excluding hydrogens is 198 g/mol. The summed E-state index contributed by atoms with van der Waals surface area (Å²) in [6.07, 6.45) is 9.36. The molecule has 1 aromatic heterocycles. The number of aryl methyl sites for hydroxylation is 1. The first-order valence-electron chi connectivity index (χ1n) is 6.31. The second-order valence-electron chi connectivity index (χ2n) is 4.50. The molecule has 2 nitrogen and oxygen atoms in total. The summed E-state index contributed by atoms with van der Waals surface area (Å²) < 4.78 is 5.65. The summed E-state index contributed by atoms with van der Waals surface area (Å²) in [6, 6.07) is 4.15. The molecule has 88 valence electrons. The zero-order valence-corrected chi connectivity index (χ0v) is 10.0. The maximum Gasteiger partial charge on any atom is 0.117 e. The molecule has 1 heterocycles. The van der Waals surface area contributed by atoms with Crippen LogP contribution in [0.4, 0.5) is 0 Å². The second kappa shape index (κ2) is 5.90. The van der Waals surface area contributed by atoms with E-state index in [9.17, 15) is 0 Å². The highest BCUT2D eigenvalue weighted by Gasteiger charge is 2.09. The molecule has 0 bridgehead atoms. The van der Waals surface area contributed by atoms with E-state index in [2.05, 4.69) is 36.5 Å². The van der Waals surface area contributed by atoms with Crippen LogP contribution in [0.1, 0.15) is 37.7 Å². The third kappa shape index (κ3) is 3.24. The molecule has 1 atom stereocenters. The van der Waals surface area contributed by atoms with Crippen molar-refractivity contribution in [1.82, 2.24) is 5.32 Å². The molecule has 0 spiro atoms. The van der Waals surface area contributed by atoms with Gasteiger partial charge >= 0.3 is 0 Å². The van der Waals surface area contributed by atoms with Crippen LogP contribution in [-0.2, 0) is 13.0 Å². The Labute approximate surface area is 97.7 Å². The van der Waals surface area contributed by atoms with Crippen LogP contribution >= 0.6 is 0 Å². The van der Waals surface area contributed by atoms with Gasteiger partial charge in [-0.05, 0) is 43.9 Å². The Morgan fingerprint density at radius 3 is 2.88 bits per heavy atom. The fourth-order valence-electron chi connectivity index (χ4n) is 2.15. The molecule has 0 saturated carbocycles. The van der Waals surface area contributed by atoms with Crippen molar-refractivity contribution in [2.45, 2.75) is 39.2 Å². The van der Waals surface area contributed by atoms with Crippen molar-refractivity contribution in [2.75, 3.05) is 6.54 Å². The molecule has 0 amide bonds. The number of rotatable bonds is 5. The maximum atomic E-state index is 5.65. The molecule has 0 aromatic carbocycles. The lowest BCUT2D eigenvalue weighted by Gasteiger charge is -2.17. The standard InChI is InChI=1S/C14H21NO/c1-2-13-8-9-14(16-13)11-15-10-12-6-4-3-5-7-12/h3-4,8-9,12,15H,2,5-7,10-11H2,1H3. The number of hydrogen-bond acceptors (Lipinski definition) is 2. The van der Waals surface area contributed by atoms with Crippen molar-refractivity contribution in [1.29, 1.82) is 0 Å². The predicted octanol–water partition coefficient (Wildman–Crippen LogP) is 3.29. The summed E-state index contributed by atoms with van der Waals surface area (Å²) in [5.41, 5.74) is 0. The highest BCUT2D eigenvalue weighted by atomic mass is 16.3. The lowest BCUT2D eigenvalue weighted by Crippen LogP contribution is -2.22. The molecule has 16 heavy (non-hydrogen) atoms. The van der Waals surface area contributed by atoms with E-state index in [1.165, 1.54) is 19.3 Å². The van der Waals surface area contributed by atoms with Gasteiger partial charge < -0.3 is 9.73 Å². The molecule has 1 aliphatic carbocycles. The van der Waals surface area contributed by atoms with E-state index in [0.717, 1.165) is 36.9 Å². The van der Waals surface area contributed by atoms with Gasteiger partial charge in [-0.15, -0.1) is 0 Å². The Morgan fingerprint density at radius 2 is 2.19 bits per heavy atom. The summed E-state index contributed by atoms with van der Waals surface area (Å²) in [7, 11) is 0. The molecule has 2 rings (SSSR count). The van der Waals surface area contributed by atoms with Gasteiger partial charge in [0.1, 0.15) is 11.5 Å². The van der Waals surface area contributed by atoms with Gasteiger partial charge in [0, 0.05) is 6.42 Å². The molecule has 1 aliphatic rings. The van der Waals surface area contributed by atoms with Crippen molar-refractivity contribution in [3.05, 3.63) is 35.8 Å². The van der Waals surface area contributed by atoms with Gasteiger partial charge in [-0.25, -0.2) is 0 Å². The highest BCUT2D eigenvalue weighted by Crippen LogP contribution is 2.17. The van der Waals surface area contributed by atoms with Gasteiger partial charge in [0.15, 0.2) is 0 Å². The quantitative estimate of drug-likeness (QED) is 0.769. The third-order valence-corrected chi connectivity index (χ3v) is 3.18. The minimum atomic E-state index is 0.811. The normalized spacial score (nSPS) is 20.2. The molecule has 2 heteroatoms. The van der Waals surface area contributed by atoms with Crippen LogP contribution in [0.25, 0.3) is 0 Å². The second-order valence-corrected chi connectivity index (χ2v) is 4.50. The lowest BCUT2D eigenvalue weighted by atomic mass is 9.94. The Kier molecular flexibility index (Phi) is 4.23. The van der Waals surface area contributed by atoms with Crippen LogP contribution in [0.3, 0.4) is 0 Å². The summed E-state index contributed by atoms with van der Waals surface area (Å²) in [5.74, 6) is 2.95. The fourth-order valence-corrected chi connectivity index (χ4v) is 2.15. The van der Waals surface area contributed by atoms with E-state index >= 15 is 0 Å². The molecular formula is C14H21NO. The van der Waals surface area contributed by atoms with Crippen molar-refractivity contribution in [2.24, 2.45) is 5.92 Å². The van der Waals surface area contributed by atoms with Crippen molar-refractivity contribution < 1.29 is 4.42 Å². The Morgan fingerprint density at radius 1 is 1.31 bits per heavy atom. The molecule has 0 fully saturated rings. The summed E-state index contributed by atoms with van der Waals surface area (Å²) >= 11 is 0. The van der Waals surface area contributed by atoms with Gasteiger partial charge in [-0.3, -0.25) is 0 Å². The van der Waals surface area contributed by atoms with E-state index in [1.54, 1.807) is 0 Å². The number of nitrogens with one attached hydrogen (secondary N) is 1. The van der Waals surface area contributed by atoms with Crippen molar-refractivity contribution in [3.8, 4) is 0 Å². The van der Waals surface area contributed by atoms with Crippen LogP contribution in [-0.4, -0.2) is 6.54 Å². The zero-order chi connectivity index (χ0) is 11.2. The smallest absolute Gasteiger partial charge is 0.117 e. The Bertz CT molecular complexity index is 340. The first-order chi connectivity index (χ1) is 7.88. The molecule has 1 aromatic rings. The maximum absolute atomic E-state index is 5.65. The van der Waals surface area contributed by atoms with Gasteiger partial charge in [0.2, 0.25) is 0 Å². The predicted molar refractivity (Wildman–Crippen MR) is 66.3 cm³/mol. The van der Waals surface area contributed by atoms with Crippen LogP contribution in [0.5, 0.6) is 0 Å². The van der Waals surface area contributed by atoms with E-state index in [1.807, 2.05) is 0 Å². The van der Waals surface area contributed by atoms with Gasteiger partial charge in [0.05, 0.1) is 6.54 Å². The zero-order valence-electron chi connectivity index (χ0n) is 10.0. The minimum absolute atomic E-state index is 0.811. The highest BCUT2D eigenvalue weighted by molar-refractivity contribution is 5.06. The molecule has 0 aliphatic heterocycles. The van der Waals surface area contributed by atoms with E-state index in [4.69, 9.17) is 4.42 Å². The average molecular weight is 219 g/mol. The number of furan rings is 1. The topological polar surface area (TPSA) is 25.2 Å². The van der Waals surface area contributed by atoms with Crippen molar-refractivity contribution in [3.63, 3.8) is 0 Å². The SMILES string of the molecule is CCc1ccc(CNCC2CC=CCC2)o1. The summed E-state index contributed by atoms with van der Waals surface area (Å²) in [4.78, 5) is 0. The lowest BCUT2D eigenvalue weighted by molar-refractivity contribution is 0.408. The largest absolute Gasteiger partial charge is 0.465 e. The Hall–Kier alpha value is -1.02. The Balaban J connectivity index is 1.69. The van der Waals surface area contributed by atoms with E-state index in [-0.39, 0.29) is 0 Å². The monoisotopic (exact) mass is 219 g/mol. The fraction of sp³-hybridized carbons (Fsp3) is 0.571. The van der Waals surface area contributed by atoms with E-state index in [0.29, 0.717) is 0 Å². The number of allylic oxidation sites excluding steroid dienone is 2. The van der Waals surface area contributed by atoms with E-state index < -0.39 is 0 Å². The van der Waals surface area contributed by atoms with Gasteiger partial charge in [0.25, 0.3) is 0 Å². The summed E-state index contributed by atoms with van der Waals surface area (Å²) in [5, 5.41) is 3.48. The number of hydrogen-bond donors (Lipinski definition) is 1. The first kappa shape index (κ1) is 11.5.